The summed E-state index contributed by atoms with van der Waals surface area (Å²) in [7, 11) is 1.48. The van der Waals surface area contributed by atoms with Gasteiger partial charge in [0.15, 0.2) is 23.0 Å². The van der Waals surface area contributed by atoms with Crippen LogP contribution < -0.4 is 19.9 Å². The van der Waals surface area contributed by atoms with Crippen molar-refractivity contribution in [2.24, 2.45) is 5.73 Å². The van der Waals surface area contributed by atoms with E-state index in [2.05, 4.69) is 4.98 Å². The molecule has 1 aliphatic rings. The molecule has 2 aromatic heterocycles. The van der Waals surface area contributed by atoms with Crippen LogP contribution in [0.25, 0.3) is 11.3 Å². The van der Waals surface area contributed by atoms with Gasteiger partial charge in [0.1, 0.15) is 24.5 Å². The standard InChI is InChI=1S/C29H35N3O6/c1-5-20-8-6-19(16-31-20)26-27-21(28(2,30)17-38-27)15-25(32-26)29(3,35)11-10-22(34)18-7-9-23(37-13-12-33)24(14-18)36-4/h6-9,14-16,33,35H,5,10-13,17,30H2,1-4H3. The van der Waals surface area contributed by atoms with Gasteiger partial charge >= 0.3 is 0 Å². The van der Waals surface area contributed by atoms with Crippen LogP contribution in [-0.4, -0.2) is 52.9 Å². The summed E-state index contributed by atoms with van der Waals surface area (Å²) in [5.41, 5.74) is 8.25. The molecule has 9 nitrogen and oxygen atoms in total. The minimum atomic E-state index is -1.41. The zero-order valence-electron chi connectivity index (χ0n) is 22.3. The highest BCUT2D eigenvalue weighted by Gasteiger charge is 2.38. The van der Waals surface area contributed by atoms with Gasteiger partial charge in [0.05, 0.1) is 24.9 Å². The topological polar surface area (TPSA) is 137 Å². The lowest BCUT2D eigenvalue weighted by atomic mass is 9.88. The number of aliphatic hydroxyl groups excluding tert-OH is 1. The Kier molecular flexibility index (Phi) is 8.01. The van der Waals surface area contributed by atoms with Crippen LogP contribution in [0.15, 0.2) is 42.6 Å². The van der Waals surface area contributed by atoms with E-state index < -0.39 is 11.1 Å². The van der Waals surface area contributed by atoms with Crippen molar-refractivity contribution in [3.8, 4) is 28.5 Å². The smallest absolute Gasteiger partial charge is 0.163 e. The van der Waals surface area contributed by atoms with Crippen LogP contribution in [-0.2, 0) is 17.6 Å². The quantitative estimate of drug-likeness (QED) is 0.324. The van der Waals surface area contributed by atoms with Crippen LogP contribution in [0, 0.1) is 0 Å². The first kappa shape index (κ1) is 27.5. The largest absolute Gasteiger partial charge is 0.493 e. The molecular weight excluding hydrogens is 486 g/mol. The Morgan fingerprint density at radius 2 is 2.03 bits per heavy atom. The zero-order valence-corrected chi connectivity index (χ0v) is 22.3. The van der Waals surface area contributed by atoms with Gasteiger partial charge in [-0.05, 0) is 63.1 Å². The molecule has 1 aromatic carbocycles. The molecule has 0 amide bonds. The number of Topliss-reactive ketones (excluding diaryl/α,β-unsaturated/α-hetero) is 1. The number of nitrogens with two attached hydrogens (primary N) is 1. The molecule has 3 heterocycles. The number of ketones is 1. The Balaban J connectivity index is 1.60. The lowest BCUT2D eigenvalue weighted by Crippen LogP contribution is -2.35. The number of pyridine rings is 2. The number of fused-ring (bicyclic) bond motifs is 1. The lowest BCUT2D eigenvalue weighted by molar-refractivity contribution is 0.0396. The lowest BCUT2D eigenvalue weighted by Gasteiger charge is -2.25. The molecule has 202 valence electrons. The van der Waals surface area contributed by atoms with Gasteiger partial charge in [-0.1, -0.05) is 6.92 Å². The Bertz CT molecular complexity index is 1300. The van der Waals surface area contributed by atoms with Gasteiger partial charge in [-0.2, -0.15) is 0 Å². The fourth-order valence-electron chi connectivity index (χ4n) is 4.39. The Morgan fingerprint density at radius 1 is 1.24 bits per heavy atom. The fourth-order valence-corrected chi connectivity index (χ4v) is 4.39. The van der Waals surface area contributed by atoms with Gasteiger partial charge in [0, 0.05) is 35.0 Å². The molecular formula is C29H35N3O6. The van der Waals surface area contributed by atoms with E-state index in [0.717, 1.165) is 23.2 Å². The van der Waals surface area contributed by atoms with Gasteiger partial charge in [-0.3, -0.25) is 9.78 Å². The molecule has 1 aliphatic heterocycles. The number of aromatic nitrogens is 2. The van der Waals surface area contributed by atoms with E-state index in [9.17, 15) is 9.90 Å². The monoisotopic (exact) mass is 521 g/mol. The summed E-state index contributed by atoms with van der Waals surface area (Å²) in [5, 5.41) is 20.5. The minimum absolute atomic E-state index is 0.0737. The van der Waals surface area contributed by atoms with Gasteiger partial charge < -0.3 is 30.2 Å². The molecule has 9 heteroatoms. The summed E-state index contributed by atoms with van der Waals surface area (Å²) in [4.78, 5) is 22.3. The van der Waals surface area contributed by atoms with Crippen LogP contribution >= 0.6 is 0 Å². The average Bonchev–Trinajstić information content (AvgIpc) is 3.24. The highest BCUT2D eigenvalue weighted by Crippen LogP contribution is 2.43. The zero-order chi connectivity index (χ0) is 27.5. The SMILES string of the molecule is CCc1ccc(-c2nc(C(C)(O)CCC(=O)c3ccc(OCCO)c(OC)c3)cc3c2OCC3(C)N)cn1. The molecule has 2 atom stereocenters. The minimum Gasteiger partial charge on any atom is -0.493 e. The van der Waals surface area contributed by atoms with Crippen molar-refractivity contribution in [1.29, 1.82) is 0 Å². The van der Waals surface area contributed by atoms with Gasteiger partial charge in [0.2, 0.25) is 0 Å². The van der Waals surface area contributed by atoms with Crippen molar-refractivity contribution in [3.63, 3.8) is 0 Å². The maximum absolute atomic E-state index is 13.0. The summed E-state index contributed by atoms with van der Waals surface area (Å²) < 4.78 is 16.7. The molecule has 0 aliphatic carbocycles. The Hall–Kier alpha value is -3.53. The van der Waals surface area contributed by atoms with E-state index in [1.807, 2.05) is 26.0 Å². The molecule has 4 N–H and O–H groups in total. The number of ether oxygens (including phenoxy) is 3. The third-order valence-electron chi connectivity index (χ3n) is 6.79. The van der Waals surface area contributed by atoms with Crippen LogP contribution in [0.3, 0.4) is 0 Å². The second-order valence-electron chi connectivity index (χ2n) is 9.97. The molecule has 3 aromatic rings. The van der Waals surface area contributed by atoms with Crippen molar-refractivity contribution in [1.82, 2.24) is 9.97 Å². The van der Waals surface area contributed by atoms with Crippen molar-refractivity contribution in [2.75, 3.05) is 26.9 Å². The van der Waals surface area contributed by atoms with Gasteiger partial charge in [0.25, 0.3) is 0 Å². The number of benzene rings is 1. The molecule has 0 saturated heterocycles. The summed E-state index contributed by atoms with van der Waals surface area (Å²) in [6.07, 6.45) is 2.78. The Labute approximate surface area is 222 Å². The number of nitrogens with zero attached hydrogens (tertiary/aromatic N) is 2. The summed E-state index contributed by atoms with van der Waals surface area (Å²) in [6, 6.07) is 10.5. The molecule has 0 radical (unpaired) electrons. The maximum Gasteiger partial charge on any atom is 0.163 e. The third kappa shape index (κ3) is 5.65. The molecule has 4 rings (SSSR count). The first-order chi connectivity index (χ1) is 18.1. The predicted octanol–water partition coefficient (Wildman–Crippen LogP) is 3.52. The van der Waals surface area contributed by atoms with Crippen molar-refractivity contribution in [2.45, 2.75) is 51.2 Å². The third-order valence-corrected chi connectivity index (χ3v) is 6.79. The molecule has 0 saturated carbocycles. The molecule has 0 spiro atoms. The molecule has 0 bridgehead atoms. The first-order valence-electron chi connectivity index (χ1n) is 12.7. The van der Waals surface area contributed by atoms with Gasteiger partial charge in [-0.15, -0.1) is 0 Å². The fraction of sp³-hybridized carbons (Fsp3) is 0.414. The number of rotatable bonds is 11. The van der Waals surface area contributed by atoms with Crippen molar-refractivity contribution < 1.29 is 29.2 Å². The number of hydrogen-bond acceptors (Lipinski definition) is 9. The van der Waals surface area contributed by atoms with E-state index in [4.69, 9.17) is 30.0 Å². The summed E-state index contributed by atoms with van der Waals surface area (Å²) >= 11 is 0. The summed E-state index contributed by atoms with van der Waals surface area (Å²) in [6.45, 7) is 5.84. The van der Waals surface area contributed by atoms with Crippen LogP contribution in [0.2, 0.25) is 0 Å². The van der Waals surface area contributed by atoms with E-state index in [0.29, 0.717) is 40.8 Å². The second kappa shape index (κ2) is 11.1. The second-order valence-corrected chi connectivity index (χ2v) is 9.97. The number of aryl methyl sites for hydroxylation is 1. The highest BCUT2D eigenvalue weighted by molar-refractivity contribution is 5.96. The van der Waals surface area contributed by atoms with Crippen LogP contribution in [0.1, 0.15) is 60.9 Å². The Morgan fingerprint density at radius 3 is 2.68 bits per heavy atom. The van der Waals surface area contributed by atoms with Crippen LogP contribution in [0.5, 0.6) is 17.2 Å². The van der Waals surface area contributed by atoms with E-state index in [1.54, 1.807) is 37.4 Å². The molecule has 38 heavy (non-hydrogen) atoms. The molecule has 2 unspecified atom stereocenters. The number of carbonyl (C=O) groups excluding carboxylic acids is 1. The predicted molar refractivity (Wildman–Crippen MR) is 143 cm³/mol. The highest BCUT2D eigenvalue weighted by atomic mass is 16.5. The average molecular weight is 522 g/mol. The normalized spacial score (nSPS) is 17.9. The van der Waals surface area contributed by atoms with Gasteiger partial charge in [-0.25, -0.2) is 4.98 Å². The number of carbonyl (C=O) groups is 1. The van der Waals surface area contributed by atoms with E-state index in [-0.39, 0.29) is 31.8 Å². The van der Waals surface area contributed by atoms with Crippen LogP contribution in [0.4, 0.5) is 0 Å². The van der Waals surface area contributed by atoms with Crippen molar-refractivity contribution in [3.05, 3.63) is 65.1 Å². The summed E-state index contributed by atoms with van der Waals surface area (Å²) in [5.74, 6) is 1.26. The number of methoxy groups -OCH3 is 1. The van der Waals surface area contributed by atoms with E-state index >= 15 is 0 Å². The maximum atomic E-state index is 13.0. The molecule has 0 fully saturated rings. The first-order valence-corrected chi connectivity index (χ1v) is 12.7. The number of hydrogen-bond donors (Lipinski definition) is 3. The van der Waals surface area contributed by atoms with E-state index in [1.165, 1.54) is 7.11 Å². The van der Waals surface area contributed by atoms with Crippen molar-refractivity contribution >= 4 is 5.78 Å². The number of aliphatic hydroxyl groups is 2.